The number of nitrogens with zero attached hydrogens (tertiary/aromatic N) is 2. The lowest BCUT2D eigenvalue weighted by Gasteiger charge is -2.32. The third-order valence-electron chi connectivity index (χ3n) is 3.57. The molecule has 1 aromatic heterocycles. The van der Waals surface area contributed by atoms with E-state index in [0.29, 0.717) is 12.5 Å². The molecule has 2 atom stereocenters. The minimum absolute atomic E-state index is 0.0646. The number of aromatic nitrogens is 2. The molecule has 0 aliphatic rings. The Morgan fingerprint density at radius 3 is 2.33 bits per heavy atom. The summed E-state index contributed by atoms with van der Waals surface area (Å²) in [6, 6.07) is 0.342. The van der Waals surface area contributed by atoms with E-state index in [0.717, 1.165) is 18.0 Å². The molecule has 5 heteroatoms. The van der Waals surface area contributed by atoms with E-state index in [1.807, 2.05) is 11.6 Å². The zero-order chi connectivity index (χ0) is 16.0. The van der Waals surface area contributed by atoms with Gasteiger partial charge in [-0.05, 0) is 33.2 Å². The molecule has 0 aromatic carbocycles. The molecule has 0 amide bonds. The van der Waals surface area contributed by atoms with Gasteiger partial charge in [0.2, 0.25) is 0 Å². The highest BCUT2D eigenvalue weighted by Crippen LogP contribution is 2.33. The van der Waals surface area contributed by atoms with Gasteiger partial charge in [-0.25, -0.2) is 0 Å². The van der Waals surface area contributed by atoms with Gasteiger partial charge in [-0.3, -0.25) is 4.68 Å². The fourth-order valence-corrected chi connectivity index (χ4v) is 2.67. The van der Waals surface area contributed by atoms with Crippen molar-refractivity contribution >= 4 is 0 Å². The molecule has 0 aliphatic carbocycles. The molecule has 0 saturated heterocycles. The predicted octanol–water partition coefficient (Wildman–Crippen LogP) is 3.18. The second kappa shape index (κ2) is 8.39. The number of nitrogens with one attached hydrogen (secondary N) is 1. The summed E-state index contributed by atoms with van der Waals surface area (Å²) >= 11 is 0. The maximum absolute atomic E-state index is 6.02. The van der Waals surface area contributed by atoms with Gasteiger partial charge in [0, 0.05) is 12.6 Å². The van der Waals surface area contributed by atoms with E-state index in [4.69, 9.17) is 9.47 Å². The largest absolute Gasteiger partial charge is 0.493 e. The predicted molar refractivity (Wildman–Crippen MR) is 85.8 cm³/mol. The van der Waals surface area contributed by atoms with Gasteiger partial charge in [0.05, 0.1) is 25.5 Å². The van der Waals surface area contributed by atoms with Gasteiger partial charge < -0.3 is 14.8 Å². The second-order valence-corrected chi connectivity index (χ2v) is 5.84. The SMILES string of the molecule is CCNC(c1c(OC)cnn1C(C)C)C(OCC)C(C)C. The first-order chi connectivity index (χ1) is 9.97. The summed E-state index contributed by atoms with van der Waals surface area (Å²) in [4.78, 5) is 0. The van der Waals surface area contributed by atoms with Crippen LogP contribution in [-0.2, 0) is 4.74 Å². The molecule has 1 heterocycles. The minimum atomic E-state index is 0.0646. The standard InChI is InChI=1S/C16H31N3O2/c1-8-17-14(16(11(3)4)21-9-2)15-13(20-7)10-18-19(15)12(5)6/h10-12,14,16-17H,8-9H2,1-7H3. The Balaban J connectivity index is 3.28. The number of hydrogen-bond donors (Lipinski definition) is 1. The van der Waals surface area contributed by atoms with Crippen molar-refractivity contribution in [1.82, 2.24) is 15.1 Å². The third-order valence-corrected chi connectivity index (χ3v) is 3.57. The fourth-order valence-electron chi connectivity index (χ4n) is 2.67. The first-order valence-electron chi connectivity index (χ1n) is 7.94. The van der Waals surface area contributed by atoms with Crippen LogP contribution in [0.25, 0.3) is 0 Å². The van der Waals surface area contributed by atoms with E-state index in [9.17, 15) is 0 Å². The van der Waals surface area contributed by atoms with Crippen molar-refractivity contribution in [2.45, 2.75) is 59.7 Å². The Hall–Kier alpha value is -1.07. The van der Waals surface area contributed by atoms with Gasteiger partial charge in [0.1, 0.15) is 5.69 Å². The first kappa shape index (κ1) is 18.0. The molecule has 122 valence electrons. The third kappa shape index (κ3) is 4.20. The van der Waals surface area contributed by atoms with Crippen LogP contribution in [0.3, 0.4) is 0 Å². The van der Waals surface area contributed by atoms with E-state index in [2.05, 4.69) is 45.0 Å². The highest BCUT2D eigenvalue weighted by Gasteiger charge is 2.32. The van der Waals surface area contributed by atoms with Crippen molar-refractivity contribution in [3.8, 4) is 5.75 Å². The molecule has 1 rings (SSSR count). The Labute approximate surface area is 129 Å². The summed E-state index contributed by atoms with van der Waals surface area (Å²) in [6.45, 7) is 14.3. The van der Waals surface area contributed by atoms with Gasteiger partial charge in [0.15, 0.2) is 5.75 Å². The zero-order valence-electron chi connectivity index (χ0n) is 14.5. The van der Waals surface area contributed by atoms with Crippen molar-refractivity contribution in [2.75, 3.05) is 20.3 Å². The van der Waals surface area contributed by atoms with Gasteiger partial charge >= 0.3 is 0 Å². The molecule has 1 aromatic rings. The van der Waals surface area contributed by atoms with E-state index in [1.165, 1.54) is 0 Å². The molecular weight excluding hydrogens is 266 g/mol. The Morgan fingerprint density at radius 1 is 1.24 bits per heavy atom. The van der Waals surface area contributed by atoms with Crippen molar-refractivity contribution in [3.05, 3.63) is 11.9 Å². The summed E-state index contributed by atoms with van der Waals surface area (Å²) in [7, 11) is 1.69. The molecule has 1 N–H and O–H groups in total. The molecule has 21 heavy (non-hydrogen) atoms. The Morgan fingerprint density at radius 2 is 1.90 bits per heavy atom. The van der Waals surface area contributed by atoms with Gasteiger partial charge in [-0.1, -0.05) is 20.8 Å². The lowest BCUT2D eigenvalue weighted by Crippen LogP contribution is -2.39. The minimum Gasteiger partial charge on any atom is -0.493 e. The van der Waals surface area contributed by atoms with Gasteiger partial charge in [-0.15, -0.1) is 0 Å². The van der Waals surface area contributed by atoms with Crippen molar-refractivity contribution in [1.29, 1.82) is 0 Å². The molecule has 5 nitrogen and oxygen atoms in total. The van der Waals surface area contributed by atoms with Crippen LogP contribution in [0.15, 0.2) is 6.20 Å². The molecule has 0 saturated carbocycles. The Kier molecular flexibility index (Phi) is 7.18. The summed E-state index contributed by atoms with van der Waals surface area (Å²) in [5.41, 5.74) is 1.07. The van der Waals surface area contributed by atoms with Crippen molar-refractivity contribution < 1.29 is 9.47 Å². The van der Waals surface area contributed by atoms with E-state index in [-0.39, 0.29) is 18.2 Å². The second-order valence-electron chi connectivity index (χ2n) is 5.84. The zero-order valence-corrected chi connectivity index (χ0v) is 14.5. The van der Waals surface area contributed by atoms with Crippen LogP contribution in [-0.4, -0.2) is 36.1 Å². The average Bonchev–Trinajstić information content (AvgIpc) is 2.86. The number of rotatable bonds is 9. The normalized spacial score (nSPS) is 14.7. The molecule has 0 aliphatic heterocycles. The van der Waals surface area contributed by atoms with E-state index >= 15 is 0 Å². The van der Waals surface area contributed by atoms with Crippen LogP contribution in [0.2, 0.25) is 0 Å². The number of hydrogen-bond acceptors (Lipinski definition) is 4. The fraction of sp³-hybridized carbons (Fsp3) is 0.812. The maximum atomic E-state index is 6.02. The molecule has 2 unspecified atom stereocenters. The summed E-state index contributed by atoms with van der Waals surface area (Å²) in [5, 5.41) is 8.04. The first-order valence-corrected chi connectivity index (χ1v) is 7.94. The highest BCUT2D eigenvalue weighted by molar-refractivity contribution is 5.30. The summed E-state index contributed by atoms with van der Waals surface area (Å²) in [6.07, 6.45) is 1.88. The van der Waals surface area contributed by atoms with Crippen LogP contribution in [0.5, 0.6) is 5.75 Å². The van der Waals surface area contributed by atoms with Crippen LogP contribution in [0.1, 0.15) is 59.3 Å². The van der Waals surface area contributed by atoms with Gasteiger partial charge in [-0.2, -0.15) is 5.10 Å². The monoisotopic (exact) mass is 297 g/mol. The van der Waals surface area contributed by atoms with E-state index < -0.39 is 0 Å². The maximum Gasteiger partial charge on any atom is 0.161 e. The van der Waals surface area contributed by atoms with Crippen LogP contribution in [0.4, 0.5) is 0 Å². The van der Waals surface area contributed by atoms with Crippen LogP contribution >= 0.6 is 0 Å². The number of methoxy groups -OCH3 is 1. The molecule has 0 bridgehead atoms. The molecule has 0 spiro atoms. The van der Waals surface area contributed by atoms with Crippen LogP contribution < -0.4 is 10.1 Å². The molecule has 0 fully saturated rings. The summed E-state index contributed by atoms with van der Waals surface area (Å²) < 4.78 is 13.6. The topological polar surface area (TPSA) is 48.3 Å². The quantitative estimate of drug-likeness (QED) is 0.760. The number of likely N-dealkylation sites (N-methyl/N-ethyl adjacent to an activating group) is 1. The van der Waals surface area contributed by atoms with Crippen LogP contribution in [0, 0.1) is 5.92 Å². The van der Waals surface area contributed by atoms with Gasteiger partial charge in [0.25, 0.3) is 0 Å². The number of ether oxygens (including phenoxy) is 2. The highest BCUT2D eigenvalue weighted by atomic mass is 16.5. The molecular formula is C16H31N3O2. The summed E-state index contributed by atoms with van der Waals surface area (Å²) in [5.74, 6) is 1.22. The van der Waals surface area contributed by atoms with E-state index in [1.54, 1.807) is 13.3 Å². The van der Waals surface area contributed by atoms with Crippen molar-refractivity contribution in [3.63, 3.8) is 0 Å². The molecule has 0 radical (unpaired) electrons. The Bertz CT molecular complexity index is 416. The lowest BCUT2D eigenvalue weighted by atomic mass is 9.96. The van der Waals surface area contributed by atoms with Crippen molar-refractivity contribution in [2.24, 2.45) is 5.92 Å². The average molecular weight is 297 g/mol. The lowest BCUT2D eigenvalue weighted by molar-refractivity contribution is 0.000322. The smallest absolute Gasteiger partial charge is 0.161 e.